The van der Waals surface area contributed by atoms with Crippen LogP contribution in [0.5, 0.6) is 5.75 Å². The number of anilines is 1. The number of carbonyl (C=O) groups is 3. The van der Waals surface area contributed by atoms with Crippen LogP contribution < -0.4 is 9.64 Å². The van der Waals surface area contributed by atoms with Gasteiger partial charge >= 0.3 is 0 Å². The number of imide groups is 1. The molecule has 1 aliphatic rings. The maximum atomic E-state index is 13.3. The average molecular weight is 414 g/mol. The standard InChI is InChI=1S/C25H22N2O4/c1-17-6-5-7-18(16-17)23(28)26(19-10-12-20(31-2)13-11-19)14-15-27-24(29)21-8-3-4-9-22(21)25(27)30/h3-13,16H,14-15H2,1-2H3. The Hall–Kier alpha value is -3.93. The molecule has 6 nitrogen and oxygen atoms in total. The molecule has 0 N–H and O–H groups in total. The number of carbonyl (C=O) groups excluding carboxylic acids is 3. The molecular formula is C25H22N2O4. The molecule has 3 amide bonds. The van der Waals surface area contributed by atoms with Crippen molar-refractivity contribution in [2.75, 3.05) is 25.1 Å². The first-order valence-electron chi connectivity index (χ1n) is 9.97. The molecule has 0 aliphatic carbocycles. The minimum Gasteiger partial charge on any atom is -0.497 e. The molecule has 1 heterocycles. The molecule has 3 aromatic carbocycles. The number of nitrogens with zero attached hydrogens (tertiary/aromatic N) is 2. The summed E-state index contributed by atoms with van der Waals surface area (Å²) in [7, 11) is 1.58. The zero-order chi connectivity index (χ0) is 22.0. The van der Waals surface area contributed by atoms with Gasteiger partial charge in [-0.25, -0.2) is 0 Å². The van der Waals surface area contributed by atoms with Crippen molar-refractivity contribution in [3.8, 4) is 5.75 Å². The lowest BCUT2D eigenvalue weighted by Gasteiger charge is -2.25. The maximum absolute atomic E-state index is 13.3. The van der Waals surface area contributed by atoms with Crippen molar-refractivity contribution in [2.24, 2.45) is 0 Å². The van der Waals surface area contributed by atoms with E-state index in [1.54, 1.807) is 66.6 Å². The number of hydrogen-bond acceptors (Lipinski definition) is 4. The van der Waals surface area contributed by atoms with E-state index in [-0.39, 0.29) is 30.8 Å². The summed E-state index contributed by atoms with van der Waals surface area (Å²) in [6.45, 7) is 2.19. The van der Waals surface area contributed by atoms with Crippen LogP contribution in [0.15, 0.2) is 72.8 Å². The summed E-state index contributed by atoms with van der Waals surface area (Å²) in [5, 5.41) is 0. The highest BCUT2D eigenvalue weighted by molar-refractivity contribution is 6.21. The van der Waals surface area contributed by atoms with Crippen molar-refractivity contribution in [3.05, 3.63) is 95.1 Å². The van der Waals surface area contributed by atoms with Crippen LogP contribution in [-0.4, -0.2) is 42.8 Å². The summed E-state index contributed by atoms with van der Waals surface area (Å²) < 4.78 is 5.21. The minimum atomic E-state index is -0.335. The van der Waals surface area contributed by atoms with E-state index in [1.807, 2.05) is 25.1 Å². The van der Waals surface area contributed by atoms with E-state index in [4.69, 9.17) is 4.74 Å². The van der Waals surface area contributed by atoms with Gasteiger partial charge in [0.15, 0.2) is 0 Å². The molecule has 0 radical (unpaired) electrons. The predicted octanol–water partition coefficient (Wildman–Crippen LogP) is 3.95. The second kappa shape index (κ2) is 8.44. The van der Waals surface area contributed by atoms with Gasteiger partial charge in [-0.2, -0.15) is 0 Å². The van der Waals surface area contributed by atoms with Crippen LogP contribution in [0, 0.1) is 6.92 Å². The van der Waals surface area contributed by atoms with Gasteiger partial charge in [0, 0.05) is 24.3 Å². The van der Waals surface area contributed by atoms with Gasteiger partial charge < -0.3 is 9.64 Å². The molecule has 0 saturated heterocycles. The number of amides is 3. The van der Waals surface area contributed by atoms with Crippen LogP contribution in [0.1, 0.15) is 36.6 Å². The minimum absolute atomic E-state index is 0.0932. The summed E-state index contributed by atoms with van der Waals surface area (Å²) in [5.41, 5.74) is 2.96. The van der Waals surface area contributed by atoms with Crippen molar-refractivity contribution in [3.63, 3.8) is 0 Å². The van der Waals surface area contributed by atoms with E-state index in [0.29, 0.717) is 28.1 Å². The second-order valence-electron chi connectivity index (χ2n) is 7.33. The van der Waals surface area contributed by atoms with Gasteiger partial charge in [0.2, 0.25) is 0 Å². The fourth-order valence-electron chi connectivity index (χ4n) is 3.69. The molecule has 0 saturated carbocycles. The van der Waals surface area contributed by atoms with Crippen molar-refractivity contribution < 1.29 is 19.1 Å². The Bertz CT molecular complexity index is 1120. The third-order valence-electron chi connectivity index (χ3n) is 5.32. The van der Waals surface area contributed by atoms with Crippen molar-refractivity contribution >= 4 is 23.4 Å². The number of rotatable bonds is 6. The molecule has 3 aromatic rings. The molecule has 0 atom stereocenters. The highest BCUT2D eigenvalue weighted by Gasteiger charge is 2.35. The molecule has 0 aromatic heterocycles. The summed E-state index contributed by atoms with van der Waals surface area (Å²) >= 11 is 0. The van der Waals surface area contributed by atoms with Crippen LogP contribution in [-0.2, 0) is 0 Å². The fraction of sp³-hybridized carbons (Fsp3) is 0.160. The first-order chi connectivity index (χ1) is 15.0. The predicted molar refractivity (Wildman–Crippen MR) is 118 cm³/mol. The third kappa shape index (κ3) is 3.92. The monoisotopic (exact) mass is 414 g/mol. The second-order valence-corrected chi connectivity index (χ2v) is 7.33. The third-order valence-corrected chi connectivity index (χ3v) is 5.32. The van der Waals surface area contributed by atoms with Crippen LogP contribution in [0.2, 0.25) is 0 Å². The topological polar surface area (TPSA) is 66.9 Å². The highest BCUT2D eigenvalue weighted by Crippen LogP contribution is 2.25. The van der Waals surface area contributed by atoms with E-state index >= 15 is 0 Å². The summed E-state index contributed by atoms with van der Waals surface area (Å²) in [6.07, 6.45) is 0. The molecule has 0 fully saturated rings. The van der Waals surface area contributed by atoms with Crippen molar-refractivity contribution in [1.82, 2.24) is 4.90 Å². The SMILES string of the molecule is COc1ccc(N(CCN2C(=O)c3ccccc3C2=O)C(=O)c2cccc(C)c2)cc1. The van der Waals surface area contributed by atoms with Gasteiger partial charge in [0.25, 0.3) is 17.7 Å². The van der Waals surface area contributed by atoms with Gasteiger partial charge in [-0.3, -0.25) is 19.3 Å². The molecule has 6 heteroatoms. The highest BCUT2D eigenvalue weighted by atomic mass is 16.5. The quantitative estimate of drug-likeness (QED) is 0.573. The van der Waals surface area contributed by atoms with Gasteiger partial charge in [0.1, 0.15) is 5.75 Å². The summed E-state index contributed by atoms with van der Waals surface area (Å²) in [6, 6.07) is 21.2. The smallest absolute Gasteiger partial charge is 0.261 e. The van der Waals surface area contributed by atoms with Crippen LogP contribution in [0.25, 0.3) is 0 Å². The van der Waals surface area contributed by atoms with E-state index in [9.17, 15) is 14.4 Å². The molecule has 31 heavy (non-hydrogen) atoms. The van der Waals surface area contributed by atoms with Crippen LogP contribution in [0.4, 0.5) is 5.69 Å². The van der Waals surface area contributed by atoms with E-state index in [2.05, 4.69) is 0 Å². The first-order valence-corrected chi connectivity index (χ1v) is 9.97. The summed E-state index contributed by atoms with van der Waals surface area (Å²) in [4.78, 5) is 41.5. The first kappa shape index (κ1) is 20.3. The number of aryl methyl sites for hydroxylation is 1. The molecule has 4 rings (SSSR count). The zero-order valence-electron chi connectivity index (χ0n) is 17.4. The molecule has 156 valence electrons. The summed E-state index contributed by atoms with van der Waals surface area (Å²) in [5.74, 6) is -0.200. The lowest BCUT2D eigenvalue weighted by Crippen LogP contribution is -2.41. The van der Waals surface area contributed by atoms with Gasteiger partial charge in [-0.05, 0) is 55.5 Å². The number of methoxy groups -OCH3 is 1. The number of benzene rings is 3. The Morgan fingerprint density at radius 1 is 0.903 bits per heavy atom. The van der Waals surface area contributed by atoms with Crippen LogP contribution >= 0.6 is 0 Å². The fourth-order valence-corrected chi connectivity index (χ4v) is 3.69. The maximum Gasteiger partial charge on any atom is 0.261 e. The van der Waals surface area contributed by atoms with E-state index in [1.165, 1.54) is 4.90 Å². The molecule has 1 aliphatic heterocycles. The molecule has 0 unspecified atom stereocenters. The zero-order valence-corrected chi connectivity index (χ0v) is 17.4. The Morgan fingerprint density at radius 3 is 2.13 bits per heavy atom. The Labute approximate surface area is 180 Å². The number of fused-ring (bicyclic) bond motifs is 1. The Balaban J connectivity index is 1.61. The lowest BCUT2D eigenvalue weighted by molar-refractivity contribution is 0.0654. The number of ether oxygens (including phenoxy) is 1. The molecular weight excluding hydrogens is 392 g/mol. The Morgan fingerprint density at radius 2 is 1.55 bits per heavy atom. The van der Waals surface area contributed by atoms with Gasteiger partial charge in [-0.15, -0.1) is 0 Å². The van der Waals surface area contributed by atoms with E-state index in [0.717, 1.165) is 5.56 Å². The van der Waals surface area contributed by atoms with Crippen LogP contribution in [0.3, 0.4) is 0 Å². The lowest BCUT2D eigenvalue weighted by atomic mass is 10.1. The van der Waals surface area contributed by atoms with Gasteiger partial charge in [-0.1, -0.05) is 29.8 Å². The van der Waals surface area contributed by atoms with E-state index < -0.39 is 0 Å². The average Bonchev–Trinajstić information content (AvgIpc) is 3.04. The van der Waals surface area contributed by atoms with Gasteiger partial charge in [0.05, 0.1) is 18.2 Å². The number of hydrogen-bond donors (Lipinski definition) is 0. The van der Waals surface area contributed by atoms with Crippen molar-refractivity contribution in [1.29, 1.82) is 0 Å². The molecule has 0 bridgehead atoms. The Kier molecular flexibility index (Phi) is 5.54. The largest absolute Gasteiger partial charge is 0.497 e. The van der Waals surface area contributed by atoms with Crippen molar-refractivity contribution in [2.45, 2.75) is 6.92 Å². The molecule has 0 spiro atoms. The normalized spacial score (nSPS) is 12.6.